The van der Waals surface area contributed by atoms with Crippen LogP contribution >= 0.6 is 0 Å². The fourth-order valence-corrected chi connectivity index (χ4v) is 2.70. The summed E-state index contributed by atoms with van der Waals surface area (Å²) in [7, 11) is 0.750. The average Bonchev–Trinajstić information content (AvgIpc) is 2.45. The molecule has 2 bridgehead atoms. The Morgan fingerprint density at radius 1 is 1.35 bits per heavy atom. The van der Waals surface area contributed by atoms with E-state index < -0.39 is 0 Å². The van der Waals surface area contributed by atoms with Crippen LogP contribution in [-0.4, -0.2) is 43.1 Å². The van der Waals surface area contributed by atoms with E-state index in [4.69, 9.17) is 4.70 Å². The van der Waals surface area contributed by atoms with Crippen LogP contribution in [0.3, 0.4) is 0 Å². The van der Waals surface area contributed by atoms with E-state index in [0.717, 1.165) is 33.1 Å². The first kappa shape index (κ1) is 14.4. The van der Waals surface area contributed by atoms with Gasteiger partial charge in [-0.05, 0) is 19.3 Å². The van der Waals surface area contributed by atoms with Gasteiger partial charge in [-0.25, -0.2) is 0 Å². The van der Waals surface area contributed by atoms with Crippen LogP contribution in [0, 0.1) is 0 Å². The molecule has 0 aromatic carbocycles. The van der Waals surface area contributed by atoms with Crippen LogP contribution in [0.15, 0.2) is 0 Å². The summed E-state index contributed by atoms with van der Waals surface area (Å²) >= 11 is 0. The molecule has 2 fully saturated rings. The first-order valence-electron chi connectivity index (χ1n) is 6.58. The van der Waals surface area contributed by atoms with Crippen molar-refractivity contribution in [2.45, 2.75) is 57.9 Å². The fourth-order valence-electron chi connectivity index (χ4n) is 2.70. The van der Waals surface area contributed by atoms with E-state index in [2.05, 4.69) is 10.2 Å². The first-order valence-corrected chi connectivity index (χ1v) is 6.58. The molecule has 0 saturated carbocycles. The Morgan fingerprint density at radius 3 is 2.65 bits per heavy atom. The Labute approximate surface area is 104 Å². The van der Waals surface area contributed by atoms with Crippen molar-refractivity contribution in [2.75, 3.05) is 13.1 Å². The summed E-state index contributed by atoms with van der Waals surface area (Å²) in [4.78, 5) is 14.0. The number of carbonyl (C=O) groups excluding carboxylic acids is 1. The molecule has 2 aliphatic heterocycles. The smallest absolute Gasteiger partial charge is 0.222 e. The second-order valence-electron chi connectivity index (χ2n) is 4.55. The van der Waals surface area contributed by atoms with Gasteiger partial charge in [-0.1, -0.05) is 13.3 Å². The predicted molar refractivity (Wildman–Crippen MR) is 68.6 cm³/mol. The van der Waals surface area contributed by atoms with Gasteiger partial charge in [0, 0.05) is 18.5 Å². The molecular formula is C12H22BN2O2-. The van der Waals surface area contributed by atoms with Crippen LogP contribution in [0.25, 0.3) is 5.32 Å². The minimum absolute atomic E-state index is 0.330. The van der Waals surface area contributed by atoms with Gasteiger partial charge in [0.15, 0.2) is 0 Å². The van der Waals surface area contributed by atoms with Crippen molar-refractivity contribution in [1.29, 1.82) is 0 Å². The molecule has 0 radical (unpaired) electrons. The number of piperidine rings is 1. The molecule has 2 atom stereocenters. The molecule has 0 spiro atoms. The van der Waals surface area contributed by atoms with Crippen LogP contribution in [0.2, 0.25) is 6.82 Å². The summed E-state index contributed by atoms with van der Waals surface area (Å²) < 4.78 is 8.81. The van der Waals surface area contributed by atoms with Gasteiger partial charge in [-0.15, -0.1) is 13.1 Å². The van der Waals surface area contributed by atoms with Crippen molar-refractivity contribution in [3.05, 3.63) is 5.32 Å². The van der Waals surface area contributed by atoms with Crippen LogP contribution in [0.5, 0.6) is 0 Å². The first-order chi connectivity index (χ1) is 8.24. The molecule has 0 N–H and O–H groups in total. The van der Waals surface area contributed by atoms with Crippen LogP contribution < -0.4 is 0 Å². The second kappa shape index (κ2) is 7.59. The monoisotopic (exact) mass is 237 g/mol. The molecule has 96 valence electrons. The molecule has 2 saturated heterocycles. The summed E-state index contributed by atoms with van der Waals surface area (Å²) in [5.74, 6) is 0.330. The fraction of sp³-hybridized carbons (Fsp3) is 0.917. The number of fused-ring (bicyclic) bond motifs is 2. The summed E-state index contributed by atoms with van der Waals surface area (Å²) in [6, 6.07) is 0.913. The minimum Gasteiger partial charge on any atom is -0.661 e. The zero-order valence-electron chi connectivity index (χ0n) is 10.9. The van der Waals surface area contributed by atoms with Gasteiger partial charge in [0.2, 0.25) is 5.91 Å². The maximum Gasteiger partial charge on any atom is 0.222 e. The number of hydrogen-bond donors (Lipinski definition) is 0. The molecule has 17 heavy (non-hydrogen) atoms. The summed E-state index contributed by atoms with van der Waals surface area (Å²) in [6.07, 6.45) is 5.36. The van der Waals surface area contributed by atoms with E-state index in [9.17, 15) is 4.79 Å². The van der Waals surface area contributed by atoms with Crippen molar-refractivity contribution in [3.8, 4) is 0 Å². The van der Waals surface area contributed by atoms with Crippen molar-refractivity contribution in [3.63, 3.8) is 0 Å². The maximum absolute atomic E-state index is 11.8. The van der Waals surface area contributed by atoms with Crippen molar-refractivity contribution in [2.24, 2.45) is 0 Å². The number of amides is 1. The van der Waals surface area contributed by atoms with E-state index in [-0.39, 0.29) is 0 Å². The number of nitrogens with zero attached hydrogens (tertiary/aromatic N) is 2. The average molecular weight is 237 g/mol. The third-order valence-electron chi connectivity index (χ3n) is 3.41. The normalized spacial score (nSPS) is 27.3. The second-order valence-corrected chi connectivity index (χ2v) is 4.55. The molecular weight excluding hydrogens is 215 g/mol. The van der Waals surface area contributed by atoms with Crippen molar-refractivity contribution < 1.29 is 9.50 Å². The molecule has 2 heterocycles. The van der Waals surface area contributed by atoms with Crippen molar-refractivity contribution >= 4 is 13.1 Å². The Hall–Kier alpha value is -0.705. The van der Waals surface area contributed by atoms with E-state index in [1.165, 1.54) is 19.7 Å². The van der Waals surface area contributed by atoms with Gasteiger partial charge in [0.05, 0.1) is 0 Å². The van der Waals surface area contributed by atoms with Gasteiger partial charge in [-0.2, -0.15) is 0 Å². The van der Waals surface area contributed by atoms with E-state index in [0.29, 0.717) is 24.4 Å². The Morgan fingerprint density at radius 2 is 2.00 bits per heavy atom. The number of carbonyl (C=O) groups is 1. The molecule has 0 aromatic rings. The number of rotatable bonds is 1. The molecule has 1 amide bonds. The van der Waals surface area contributed by atoms with Crippen LogP contribution in [-0.2, 0) is 9.50 Å². The largest absolute Gasteiger partial charge is 0.661 e. The van der Waals surface area contributed by atoms with Gasteiger partial charge in [-0.3, -0.25) is 4.79 Å². The van der Waals surface area contributed by atoms with E-state index in [1.807, 2.05) is 6.92 Å². The minimum atomic E-state index is 0.330. The van der Waals surface area contributed by atoms with E-state index >= 15 is 0 Å². The molecule has 2 unspecified atom stereocenters. The topological polar surface area (TPSA) is 51.5 Å². The van der Waals surface area contributed by atoms with Crippen LogP contribution in [0.1, 0.15) is 39.0 Å². The summed E-state index contributed by atoms with van der Waals surface area (Å²) in [5, 5.41) is 4.49. The third-order valence-corrected chi connectivity index (χ3v) is 3.41. The van der Waals surface area contributed by atoms with Crippen LogP contribution in [0.4, 0.5) is 0 Å². The predicted octanol–water partition coefficient (Wildman–Crippen LogP) is 2.01. The van der Waals surface area contributed by atoms with Gasteiger partial charge in [0.1, 0.15) is 0 Å². The molecule has 5 heteroatoms. The van der Waals surface area contributed by atoms with Gasteiger partial charge in [0.25, 0.3) is 0 Å². The maximum atomic E-state index is 11.8. The Bertz CT molecular complexity index is 247. The molecule has 0 aromatic heterocycles. The van der Waals surface area contributed by atoms with Crippen molar-refractivity contribution in [1.82, 2.24) is 4.90 Å². The zero-order valence-corrected chi connectivity index (χ0v) is 10.9. The molecule has 2 rings (SSSR count). The Balaban J connectivity index is 0.000000437. The standard InChI is InChI=1S/C11H19N2O.CH3BO/c1-2-11(14)13-9-4-3-5-10(13)8-12-7-6-9;1-2-3/h9-10H,2-8H2,1H3;1H3/q-1;. The van der Waals surface area contributed by atoms with Gasteiger partial charge < -0.3 is 10.2 Å². The van der Waals surface area contributed by atoms with E-state index in [1.54, 1.807) is 0 Å². The molecule has 0 aliphatic carbocycles. The summed E-state index contributed by atoms with van der Waals surface area (Å²) in [6.45, 7) is 5.23. The third kappa shape index (κ3) is 3.91. The Kier molecular flexibility index (Phi) is 6.41. The zero-order chi connectivity index (χ0) is 12.7. The molecule has 2 aliphatic rings. The quantitative estimate of drug-likeness (QED) is 0.655. The van der Waals surface area contributed by atoms with Gasteiger partial charge >= 0.3 is 18.7 Å². The summed E-state index contributed by atoms with van der Waals surface area (Å²) in [5.41, 5.74) is 0. The SMILES string of the molecule is CB=O.CCC(=O)N1C2CCCC1C[N-]CC2. The molecule has 4 nitrogen and oxygen atoms in total. The number of hydrogen-bond acceptors (Lipinski definition) is 2.